The van der Waals surface area contributed by atoms with Gasteiger partial charge in [-0.3, -0.25) is 4.79 Å². The predicted molar refractivity (Wildman–Crippen MR) is 95.9 cm³/mol. The Morgan fingerprint density at radius 2 is 1.75 bits per heavy atom. The molecule has 0 amide bonds. The Morgan fingerprint density at radius 3 is 2.42 bits per heavy atom. The minimum atomic E-state index is -3.90. The van der Waals surface area contributed by atoms with E-state index in [1.807, 2.05) is 24.3 Å². The molecular weight excluding hydrogens is 346 g/mol. The molecule has 0 radical (unpaired) electrons. The summed E-state index contributed by atoms with van der Waals surface area (Å²) in [6, 6.07) is 11.6. The van der Waals surface area contributed by atoms with Gasteiger partial charge in [0.15, 0.2) is 0 Å². The number of hydrogen-bond donors (Lipinski definition) is 2. The molecule has 7 heteroatoms. The second-order valence-corrected chi connectivity index (χ2v) is 8.74. The maximum Gasteiger partial charge on any atom is 0.322 e. The van der Waals surface area contributed by atoms with E-state index in [0.717, 1.165) is 20.2 Å². The van der Waals surface area contributed by atoms with Crippen LogP contribution in [-0.2, 0) is 14.8 Å². The molecule has 0 fully saturated rings. The molecule has 1 atom stereocenters. The summed E-state index contributed by atoms with van der Waals surface area (Å²) in [6.45, 7) is 3.33. The second kappa shape index (κ2) is 6.16. The lowest BCUT2D eigenvalue weighted by molar-refractivity contribution is -0.140. The molecule has 1 heterocycles. The molecule has 3 rings (SSSR count). The topological polar surface area (TPSA) is 83.5 Å². The number of carboxylic acid groups (broad SMARTS) is 1. The monoisotopic (exact) mass is 363 g/mol. The van der Waals surface area contributed by atoms with Crippen molar-refractivity contribution in [2.24, 2.45) is 5.92 Å². The first-order valence-corrected chi connectivity index (χ1v) is 9.76. The van der Waals surface area contributed by atoms with E-state index in [1.54, 1.807) is 26.0 Å². The largest absolute Gasteiger partial charge is 0.480 e. The highest BCUT2D eigenvalue weighted by atomic mass is 32.2. The van der Waals surface area contributed by atoms with Gasteiger partial charge in [-0.1, -0.05) is 38.1 Å². The van der Waals surface area contributed by atoms with Crippen LogP contribution in [0.5, 0.6) is 0 Å². The summed E-state index contributed by atoms with van der Waals surface area (Å²) in [6.07, 6.45) is 0. The Hall–Kier alpha value is -1.96. The number of fused-ring (bicyclic) bond motifs is 3. The van der Waals surface area contributed by atoms with Crippen molar-refractivity contribution in [2.75, 3.05) is 0 Å². The van der Waals surface area contributed by atoms with Crippen LogP contribution in [0, 0.1) is 5.92 Å². The number of thiophene rings is 1. The van der Waals surface area contributed by atoms with Crippen LogP contribution in [0.25, 0.3) is 20.2 Å². The standard InChI is InChI=1S/C17H17NO4S2/c1-10(2)16(17(19)20)18-24(21,22)11-7-8-13-12-5-3-4-6-14(12)23-15(13)9-11/h3-10,16,18H,1-2H3,(H,19,20). The van der Waals surface area contributed by atoms with Gasteiger partial charge in [-0.2, -0.15) is 4.72 Å². The molecule has 0 aliphatic heterocycles. The number of carbonyl (C=O) groups is 1. The van der Waals surface area contributed by atoms with Crippen molar-refractivity contribution >= 4 is 47.5 Å². The van der Waals surface area contributed by atoms with E-state index < -0.39 is 22.0 Å². The Morgan fingerprint density at radius 1 is 1.08 bits per heavy atom. The van der Waals surface area contributed by atoms with Gasteiger partial charge in [0, 0.05) is 20.2 Å². The quantitative estimate of drug-likeness (QED) is 0.727. The fourth-order valence-corrected chi connectivity index (χ4v) is 5.16. The van der Waals surface area contributed by atoms with Crippen LogP contribution in [-0.4, -0.2) is 25.5 Å². The van der Waals surface area contributed by atoms with Gasteiger partial charge >= 0.3 is 5.97 Å². The molecule has 3 aromatic rings. The third kappa shape index (κ3) is 3.02. The van der Waals surface area contributed by atoms with Crippen molar-refractivity contribution in [3.63, 3.8) is 0 Å². The van der Waals surface area contributed by atoms with E-state index in [0.29, 0.717) is 0 Å². The van der Waals surface area contributed by atoms with Crippen molar-refractivity contribution in [1.82, 2.24) is 4.72 Å². The summed E-state index contributed by atoms with van der Waals surface area (Å²) in [4.78, 5) is 11.3. The summed E-state index contributed by atoms with van der Waals surface area (Å²) in [5, 5.41) is 11.3. The van der Waals surface area contributed by atoms with Crippen LogP contribution >= 0.6 is 11.3 Å². The molecule has 1 unspecified atom stereocenters. The van der Waals surface area contributed by atoms with E-state index in [-0.39, 0.29) is 10.8 Å². The molecular formula is C17H17NO4S2. The molecule has 0 aliphatic rings. The molecule has 2 aromatic carbocycles. The lowest BCUT2D eigenvalue weighted by Crippen LogP contribution is -2.44. The van der Waals surface area contributed by atoms with Crippen molar-refractivity contribution < 1.29 is 18.3 Å². The Bertz CT molecular complexity index is 1020. The third-order valence-electron chi connectivity index (χ3n) is 3.88. The molecule has 0 bridgehead atoms. The number of aliphatic carboxylic acids is 1. The third-order valence-corrected chi connectivity index (χ3v) is 6.45. The molecule has 126 valence electrons. The fraction of sp³-hybridized carbons (Fsp3) is 0.235. The molecule has 0 aliphatic carbocycles. The number of carboxylic acids is 1. The molecule has 0 saturated heterocycles. The highest BCUT2D eigenvalue weighted by Gasteiger charge is 2.28. The highest BCUT2D eigenvalue weighted by molar-refractivity contribution is 7.89. The molecule has 0 spiro atoms. The average Bonchev–Trinajstić information content (AvgIpc) is 2.89. The van der Waals surface area contributed by atoms with E-state index in [1.165, 1.54) is 17.4 Å². The summed E-state index contributed by atoms with van der Waals surface area (Å²) in [7, 11) is -3.90. The molecule has 2 N–H and O–H groups in total. The van der Waals surface area contributed by atoms with Crippen LogP contribution in [0.15, 0.2) is 47.4 Å². The highest BCUT2D eigenvalue weighted by Crippen LogP contribution is 2.34. The molecule has 5 nitrogen and oxygen atoms in total. The zero-order valence-corrected chi connectivity index (χ0v) is 14.8. The summed E-state index contributed by atoms with van der Waals surface area (Å²) in [5.41, 5.74) is 0. The number of benzene rings is 2. The maximum absolute atomic E-state index is 12.5. The zero-order chi connectivity index (χ0) is 17.5. The van der Waals surface area contributed by atoms with E-state index in [2.05, 4.69) is 4.72 Å². The van der Waals surface area contributed by atoms with Gasteiger partial charge in [-0.05, 0) is 24.1 Å². The van der Waals surface area contributed by atoms with Crippen molar-refractivity contribution in [3.8, 4) is 0 Å². The second-order valence-electron chi connectivity index (χ2n) is 5.94. The van der Waals surface area contributed by atoms with Crippen molar-refractivity contribution in [1.29, 1.82) is 0 Å². The van der Waals surface area contributed by atoms with Gasteiger partial charge in [0.2, 0.25) is 10.0 Å². The van der Waals surface area contributed by atoms with Crippen LogP contribution in [0.4, 0.5) is 0 Å². The first-order chi connectivity index (χ1) is 11.3. The van der Waals surface area contributed by atoms with Gasteiger partial charge < -0.3 is 5.11 Å². The van der Waals surface area contributed by atoms with Gasteiger partial charge in [0.25, 0.3) is 0 Å². The van der Waals surface area contributed by atoms with E-state index >= 15 is 0 Å². The van der Waals surface area contributed by atoms with Crippen LogP contribution in [0.3, 0.4) is 0 Å². The lowest BCUT2D eigenvalue weighted by atomic mass is 10.1. The van der Waals surface area contributed by atoms with Gasteiger partial charge in [-0.25, -0.2) is 8.42 Å². The van der Waals surface area contributed by atoms with Crippen LogP contribution in [0.2, 0.25) is 0 Å². The first-order valence-electron chi connectivity index (χ1n) is 7.46. The predicted octanol–water partition coefficient (Wildman–Crippen LogP) is 3.44. The molecule has 0 saturated carbocycles. The normalized spacial score (nSPS) is 13.6. The van der Waals surface area contributed by atoms with Crippen molar-refractivity contribution in [2.45, 2.75) is 24.8 Å². The van der Waals surface area contributed by atoms with Gasteiger partial charge in [0.1, 0.15) is 6.04 Å². The Labute approximate surface area is 144 Å². The average molecular weight is 363 g/mol. The molecule has 24 heavy (non-hydrogen) atoms. The van der Waals surface area contributed by atoms with E-state index in [9.17, 15) is 18.3 Å². The Kier molecular flexibility index (Phi) is 4.33. The minimum Gasteiger partial charge on any atom is -0.480 e. The molecule has 1 aromatic heterocycles. The van der Waals surface area contributed by atoms with Crippen LogP contribution < -0.4 is 4.72 Å². The summed E-state index contributed by atoms with van der Waals surface area (Å²) >= 11 is 1.51. The number of rotatable bonds is 5. The Balaban J connectivity index is 2.04. The van der Waals surface area contributed by atoms with Crippen LogP contribution in [0.1, 0.15) is 13.8 Å². The smallest absolute Gasteiger partial charge is 0.322 e. The summed E-state index contributed by atoms with van der Waals surface area (Å²) in [5.74, 6) is -1.54. The maximum atomic E-state index is 12.5. The van der Waals surface area contributed by atoms with Gasteiger partial charge in [-0.15, -0.1) is 11.3 Å². The minimum absolute atomic E-state index is 0.0773. The summed E-state index contributed by atoms with van der Waals surface area (Å²) < 4.78 is 29.3. The SMILES string of the molecule is CC(C)C(NS(=O)(=O)c1ccc2c(c1)sc1ccccc12)C(=O)O. The fourth-order valence-electron chi connectivity index (χ4n) is 2.58. The van der Waals surface area contributed by atoms with Gasteiger partial charge in [0.05, 0.1) is 4.90 Å². The number of sulfonamides is 1. The number of hydrogen-bond acceptors (Lipinski definition) is 4. The number of nitrogens with one attached hydrogen (secondary N) is 1. The zero-order valence-electron chi connectivity index (χ0n) is 13.2. The lowest BCUT2D eigenvalue weighted by Gasteiger charge is -2.18. The van der Waals surface area contributed by atoms with E-state index in [4.69, 9.17) is 0 Å². The first kappa shape index (κ1) is 16.9. The van der Waals surface area contributed by atoms with Crippen molar-refractivity contribution in [3.05, 3.63) is 42.5 Å².